The summed E-state index contributed by atoms with van der Waals surface area (Å²) in [7, 11) is 1.90. The molecule has 0 bridgehead atoms. The van der Waals surface area contributed by atoms with Crippen LogP contribution in [0.5, 0.6) is 0 Å². The molecule has 0 unspecified atom stereocenters. The molecule has 92 valence electrons. The molecule has 0 saturated heterocycles. The molecule has 0 spiro atoms. The third-order valence-corrected chi connectivity index (χ3v) is 2.69. The van der Waals surface area contributed by atoms with Crippen LogP contribution in [0.2, 0.25) is 0 Å². The lowest BCUT2D eigenvalue weighted by molar-refractivity contribution is 0.564. The first-order valence-electron chi connectivity index (χ1n) is 5.78. The van der Waals surface area contributed by atoms with Crippen LogP contribution in [-0.2, 0) is 20.0 Å². The summed E-state index contributed by atoms with van der Waals surface area (Å²) in [6, 6.07) is 1.92. The van der Waals surface area contributed by atoms with Crippen LogP contribution in [-0.4, -0.2) is 9.78 Å². The molecule has 0 radical (unpaired) electrons. The lowest BCUT2D eigenvalue weighted by Crippen LogP contribution is -2.05. The maximum Gasteiger partial charge on any atom is 0.148 e. The predicted molar refractivity (Wildman–Crippen MR) is 67.7 cm³/mol. The summed E-state index contributed by atoms with van der Waals surface area (Å²) in [4.78, 5) is 0. The van der Waals surface area contributed by atoms with Crippen LogP contribution in [0.15, 0.2) is 23.0 Å². The van der Waals surface area contributed by atoms with Gasteiger partial charge < -0.3 is 15.5 Å². The molecule has 2 aromatic rings. The summed E-state index contributed by atoms with van der Waals surface area (Å²) >= 11 is 0. The van der Waals surface area contributed by atoms with Crippen LogP contribution < -0.4 is 11.1 Å². The first kappa shape index (κ1) is 11.6. The van der Waals surface area contributed by atoms with Gasteiger partial charge in [-0.15, -0.1) is 0 Å². The second-order valence-electron chi connectivity index (χ2n) is 4.07. The number of hydrogen-bond acceptors (Lipinski definition) is 4. The normalized spacial score (nSPS) is 10.7. The number of nitrogens with zero attached hydrogens (tertiary/aromatic N) is 2. The Kier molecular flexibility index (Phi) is 3.37. The maximum absolute atomic E-state index is 6.06. The summed E-state index contributed by atoms with van der Waals surface area (Å²) in [5.41, 5.74) is 8.86. The van der Waals surface area contributed by atoms with Gasteiger partial charge in [0.05, 0.1) is 23.9 Å². The van der Waals surface area contributed by atoms with E-state index in [4.69, 9.17) is 10.2 Å². The minimum absolute atomic E-state index is 0.686. The van der Waals surface area contributed by atoms with E-state index >= 15 is 0 Å². The lowest BCUT2D eigenvalue weighted by atomic mass is 10.2. The van der Waals surface area contributed by atoms with Crippen molar-refractivity contribution in [2.75, 3.05) is 11.1 Å². The van der Waals surface area contributed by atoms with Crippen molar-refractivity contribution in [2.45, 2.75) is 26.3 Å². The molecule has 3 N–H and O–H groups in total. The van der Waals surface area contributed by atoms with Gasteiger partial charge in [0.25, 0.3) is 0 Å². The fourth-order valence-corrected chi connectivity index (χ4v) is 1.81. The van der Waals surface area contributed by atoms with Crippen molar-refractivity contribution in [3.05, 3.63) is 29.9 Å². The Morgan fingerprint density at radius 3 is 3.00 bits per heavy atom. The largest absolute Gasteiger partial charge is 0.472 e. The number of rotatable bonds is 5. The average molecular weight is 234 g/mol. The highest BCUT2D eigenvalue weighted by atomic mass is 16.3. The molecule has 0 fully saturated rings. The molecular weight excluding hydrogens is 216 g/mol. The van der Waals surface area contributed by atoms with Crippen LogP contribution in [0, 0.1) is 0 Å². The molecule has 0 aliphatic carbocycles. The van der Waals surface area contributed by atoms with Gasteiger partial charge >= 0.3 is 0 Å². The van der Waals surface area contributed by atoms with E-state index in [0.29, 0.717) is 6.54 Å². The lowest BCUT2D eigenvalue weighted by Gasteiger charge is -2.05. The predicted octanol–water partition coefficient (Wildman–Crippen LogP) is 2.16. The van der Waals surface area contributed by atoms with E-state index in [1.165, 1.54) is 0 Å². The van der Waals surface area contributed by atoms with Crippen molar-refractivity contribution < 1.29 is 4.42 Å². The first-order chi connectivity index (χ1) is 8.22. The quantitative estimate of drug-likeness (QED) is 0.831. The molecule has 0 aliphatic heterocycles. The Labute approximate surface area is 101 Å². The van der Waals surface area contributed by atoms with Crippen molar-refractivity contribution in [3.8, 4) is 0 Å². The highest BCUT2D eigenvalue weighted by molar-refractivity contribution is 5.65. The van der Waals surface area contributed by atoms with E-state index in [1.54, 1.807) is 17.2 Å². The second-order valence-corrected chi connectivity index (χ2v) is 4.07. The maximum atomic E-state index is 6.06. The standard InChI is InChI=1S/C12H18N4O/c1-3-4-10-11(13)12(16(2)15-10)14-7-9-5-6-17-8-9/h5-6,8,14H,3-4,7,13H2,1-2H3. The fourth-order valence-electron chi connectivity index (χ4n) is 1.81. The molecule has 0 saturated carbocycles. The van der Waals surface area contributed by atoms with Crippen molar-refractivity contribution >= 4 is 11.5 Å². The van der Waals surface area contributed by atoms with E-state index in [-0.39, 0.29) is 0 Å². The van der Waals surface area contributed by atoms with E-state index in [0.717, 1.165) is 35.6 Å². The van der Waals surface area contributed by atoms with E-state index in [9.17, 15) is 0 Å². The van der Waals surface area contributed by atoms with Gasteiger partial charge in [0.15, 0.2) is 0 Å². The third kappa shape index (κ3) is 2.43. The highest BCUT2D eigenvalue weighted by Gasteiger charge is 2.12. The average Bonchev–Trinajstić information content (AvgIpc) is 2.88. The molecule has 0 atom stereocenters. The molecule has 0 amide bonds. The SMILES string of the molecule is CCCc1nn(C)c(NCc2ccoc2)c1N. The zero-order valence-corrected chi connectivity index (χ0v) is 10.2. The first-order valence-corrected chi connectivity index (χ1v) is 5.78. The van der Waals surface area contributed by atoms with Crippen molar-refractivity contribution in [1.82, 2.24) is 9.78 Å². The monoisotopic (exact) mass is 234 g/mol. The molecule has 0 aliphatic rings. The Hall–Kier alpha value is -1.91. The van der Waals surface area contributed by atoms with Gasteiger partial charge in [-0.3, -0.25) is 4.68 Å². The van der Waals surface area contributed by atoms with Crippen molar-refractivity contribution in [3.63, 3.8) is 0 Å². The molecule has 2 heterocycles. The smallest absolute Gasteiger partial charge is 0.148 e. The number of hydrogen-bond donors (Lipinski definition) is 2. The van der Waals surface area contributed by atoms with Crippen LogP contribution in [0.3, 0.4) is 0 Å². The molecule has 5 heteroatoms. The summed E-state index contributed by atoms with van der Waals surface area (Å²) in [5.74, 6) is 0.870. The van der Waals surface area contributed by atoms with Gasteiger partial charge in [0.1, 0.15) is 5.82 Å². The number of anilines is 2. The van der Waals surface area contributed by atoms with Crippen molar-refractivity contribution in [2.24, 2.45) is 7.05 Å². The van der Waals surface area contributed by atoms with Gasteiger partial charge in [0.2, 0.25) is 0 Å². The Balaban J connectivity index is 2.10. The molecule has 0 aromatic carbocycles. The van der Waals surface area contributed by atoms with Crippen LogP contribution in [0.1, 0.15) is 24.6 Å². The summed E-state index contributed by atoms with van der Waals surface area (Å²) in [6.07, 6.45) is 5.33. The number of nitrogens with two attached hydrogens (primary N) is 1. The van der Waals surface area contributed by atoms with Crippen LogP contribution >= 0.6 is 0 Å². The second kappa shape index (κ2) is 4.95. The topological polar surface area (TPSA) is 69.0 Å². The Morgan fingerprint density at radius 1 is 1.53 bits per heavy atom. The Morgan fingerprint density at radius 2 is 2.35 bits per heavy atom. The minimum Gasteiger partial charge on any atom is -0.472 e. The van der Waals surface area contributed by atoms with Crippen LogP contribution in [0.25, 0.3) is 0 Å². The number of nitrogens with one attached hydrogen (secondary N) is 1. The van der Waals surface area contributed by atoms with E-state index in [1.807, 2.05) is 13.1 Å². The molecule has 2 aromatic heterocycles. The van der Waals surface area contributed by atoms with E-state index in [2.05, 4.69) is 17.3 Å². The molecular formula is C12H18N4O. The molecule has 5 nitrogen and oxygen atoms in total. The minimum atomic E-state index is 0.686. The summed E-state index contributed by atoms with van der Waals surface area (Å²) < 4.78 is 6.81. The number of aromatic nitrogens is 2. The van der Waals surface area contributed by atoms with Crippen LogP contribution in [0.4, 0.5) is 11.5 Å². The number of furan rings is 1. The van der Waals surface area contributed by atoms with Gasteiger partial charge in [-0.2, -0.15) is 5.10 Å². The summed E-state index contributed by atoms with van der Waals surface area (Å²) in [6.45, 7) is 2.80. The van der Waals surface area contributed by atoms with Gasteiger partial charge in [0, 0.05) is 19.2 Å². The zero-order valence-electron chi connectivity index (χ0n) is 10.2. The fraction of sp³-hybridized carbons (Fsp3) is 0.417. The highest BCUT2D eigenvalue weighted by Crippen LogP contribution is 2.23. The molecule has 2 rings (SSSR count). The van der Waals surface area contributed by atoms with Crippen molar-refractivity contribution in [1.29, 1.82) is 0 Å². The van der Waals surface area contributed by atoms with Gasteiger partial charge in [-0.1, -0.05) is 13.3 Å². The van der Waals surface area contributed by atoms with E-state index < -0.39 is 0 Å². The molecule has 17 heavy (non-hydrogen) atoms. The Bertz CT molecular complexity index is 473. The number of aryl methyl sites for hydroxylation is 2. The number of nitrogen functional groups attached to an aromatic ring is 1. The van der Waals surface area contributed by atoms with Gasteiger partial charge in [-0.25, -0.2) is 0 Å². The van der Waals surface area contributed by atoms with Gasteiger partial charge in [-0.05, 0) is 12.5 Å². The third-order valence-electron chi connectivity index (χ3n) is 2.69. The summed E-state index contributed by atoms with van der Waals surface area (Å²) in [5, 5.41) is 7.68. The zero-order chi connectivity index (χ0) is 12.3.